The molecule has 3 heteroatoms. The topological polar surface area (TPSA) is 15.6 Å². The first-order chi connectivity index (χ1) is 12.4. The molecule has 1 atom stereocenters. The molecule has 0 radical (unpaired) electrons. The van der Waals surface area contributed by atoms with Crippen LogP contribution in [0.4, 0.5) is 4.39 Å². The van der Waals surface area contributed by atoms with E-state index in [1.807, 2.05) is 12.1 Å². The van der Waals surface area contributed by atoms with Gasteiger partial charge in [0.1, 0.15) is 5.82 Å². The minimum atomic E-state index is -0.242. The number of rotatable bonds is 7. The molecule has 1 aliphatic carbocycles. The molecule has 2 nitrogen and oxygen atoms in total. The zero-order chi connectivity index (χ0) is 19.2. The molecule has 1 fully saturated rings. The van der Waals surface area contributed by atoms with Crippen molar-refractivity contribution in [3.8, 4) is 0 Å². The second kappa shape index (κ2) is 9.00. The molecule has 1 aliphatic rings. The van der Waals surface area contributed by atoms with Crippen LogP contribution >= 0.6 is 0 Å². The van der Waals surface area contributed by atoms with E-state index in [4.69, 9.17) is 5.10 Å². The highest BCUT2D eigenvalue weighted by molar-refractivity contribution is 5.89. The van der Waals surface area contributed by atoms with Crippen molar-refractivity contribution in [3.05, 3.63) is 60.6 Å². The Bertz CT molecular complexity index is 691. The van der Waals surface area contributed by atoms with Gasteiger partial charge in [0.2, 0.25) is 0 Å². The molecule has 0 bridgehead atoms. The lowest BCUT2D eigenvalue weighted by Gasteiger charge is -2.38. The molecule has 140 valence electrons. The molecule has 0 heterocycles. The number of halogens is 1. The van der Waals surface area contributed by atoms with Gasteiger partial charge < -0.3 is 0 Å². The van der Waals surface area contributed by atoms with Crippen molar-refractivity contribution in [2.75, 3.05) is 13.6 Å². The molecule has 1 unspecified atom stereocenters. The third-order valence-electron chi connectivity index (χ3n) is 5.77. The first-order valence-electron chi connectivity index (χ1n) is 9.46. The Kier molecular flexibility index (Phi) is 6.99. The Morgan fingerprint density at radius 3 is 2.46 bits per heavy atom. The van der Waals surface area contributed by atoms with Gasteiger partial charge in [0.25, 0.3) is 0 Å². The molecule has 0 spiro atoms. The van der Waals surface area contributed by atoms with Gasteiger partial charge in [-0.2, -0.15) is 5.10 Å². The van der Waals surface area contributed by atoms with E-state index in [1.165, 1.54) is 44.2 Å². The Balaban J connectivity index is 2.14. The summed E-state index contributed by atoms with van der Waals surface area (Å²) >= 11 is 0. The van der Waals surface area contributed by atoms with Crippen LogP contribution in [0.3, 0.4) is 0 Å². The number of nitrogens with zero attached hydrogens (tertiary/aromatic N) is 2. The predicted octanol–water partition coefficient (Wildman–Crippen LogP) is 6.07. The fraction of sp³-hybridized carbons (Fsp3) is 0.478. The van der Waals surface area contributed by atoms with E-state index in [-0.39, 0.29) is 11.2 Å². The summed E-state index contributed by atoms with van der Waals surface area (Å²) in [6.07, 6.45) is 8.49. The van der Waals surface area contributed by atoms with Crippen molar-refractivity contribution in [3.63, 3.8) is 0 Å². The van der Waals surface area contributed by atoms with Crippen LogP contribution in [0, 0.1) is 17.2 Å². The second-order valence-electron chi connectivity index (χ2n) is 7.49. The van der Waals surface area contributed by atoms with Crippen LogP contribution in [-0.2, 0) is 0 Å². The van der Waals surface area contributed by atoms with E-state index in [1.54, 1.807) is 12.1 Å². The number of hydrogen-bond acceptors (Lipinski definition) is 2. The summed E-state index contributed by atoms with van der Waals surface area (Å²) < 4.78 is 13.1. The molecule has 1 saturated carbocycles. The van der Waals surface area contributed by atoms with Crippen molar-refractivity contribution in [1.82, 2.24) is 5.01 Å². The highest BCUT2D eigenvalue weighted by Crippen LogP contribution is 2.40. The third-order valence-corrected chi connectivity index (χ3v) is 5.77. The molecular weight excluding hydrogens is 323 g/mol. The van der Waals surface area contributed by atoms with Crippen LogP contribution in [0.2, 0.25) is 0 Å². The number of benzene rings is 1. The highest BCUT2D eigenvalue weighted by atomic mass is 19.1. The van der Waals surface area contributed by atoms with E-state index in [2.05, 4.69) is 38.8 Å². The molecule has 1 aromatic rings. The Hall–Kier alpha value is -2.12. The summed E-state index contributed by atoms with van der Waals surface area (Å²) in [7, 11) is 1.95. The molecule has 0 aliphatic heterocycles. The highest BCUT2D eigenvalue weighted by Gasteiger charge is 2.35. The van der Waals surface area contributed by atoms with Gasteiger partial charge in [-0.25, -0.2) is 4.39 Å². The summed E-state index contributed by atoms with van der Waals surface area (Å²) in [4.78, 5) is 0. The maximum absolute atomic E-state index is 13.1. The first-order valence-corrected chi connectivity index (χ1v) is 9.46. The van der Waals surface area contributed by atoms with E-state index >= 15 is 0 Å². The minimum absolute atomic E-state index is 0.0807. The summed E-state index contributed by atoms with van der Waals surface area (Å²) in [6.45, 7) is 12.8. The number of likely N-dealkylation sites (N-methyl/N-ethyl adjacent to an activating group) is 1. The lowest BCUT2D eigenvalue weighted by molar-refractivity contribution is 0.250. The predicted molar refractivity (Wildman–Crippen MR) is 110 cm³/mol. The zero-order valence-corrected chi connectivity index (χ0v) is 16.4. The van der Waals surface area contributed by atoms with Crippen LogP contribution in [0.5, 0.6) is 0 Å². The molecule has 2 rings (SSSR count). The lowest BCUT2D eigenvalue weighted by atomic mass is 9.67. The van der Waals surface area contributed by atoms with E-state index in [0.717, 1.165) is 16.8 Å². The first kappa shape index (κ1) is 20.2. The van der Waals surface area contributed by atoms with Gasteiger partial charge in [-0.15, -0.1) is 12.3 Å². The fourth-order valence-corrected chi connectivity index (χ4v) is 3.84. The van der Waals surface area contributed by atoms with Gasteiger partial charge in [-0.05, 0) is 43.4 Å². The normalized spacial score (nSPS) is 17.9. The quantitative estimate of drug-likeness (QED) is 0.251. The maximum atomic E-state index is 13.1. The summed E-state index contributed by atoms with van der Waals surface area (Å²) in [5.41, 5.74) is 5.80. The van der Waals surface area contributed by atoms with Crippen LogP contribution in [0.25, 0.3) is 5.57 Å². The number of hydrazone groups is 1. The van der Waals surface area contributed by atoms with Crippen molar-refractivity contribution in [2.45, 2.75) is 46.0 Å². The SMILES string of the molecule is C=C=C(CN(C)/N=C(/C)C(C)(C=C)C1CCCCC1)c1ccc(F)cc1. The molecule has 26 heavy (non-hydrogen) atoms. The molecule has 0 saturated heterocycles. The van der Waals surface area contributed by atoms with Crippen molar-refractivity contribution in [2.24, 2.45) is 16.4 Å². The largest absolute Gasteiger partial charge is 0.295 e. The van der Waals surface area contributed by atoms with Crippen molar-refractivity contribution >= 4 is 11.3 Å². The Labute approximate surface area is 157 Å². The average Bonchev–Trinajstić information content (AvgIpc) is 2.66. The standard InChI is InChI=1S/C23H31FN2/c1-6-19(20-13-15-22(24)16-14-20)17-26(5)25-18(3)23(4,7-2)21-11-9-8-10-12-21/h7,13-16,21H,1-2,8-12,17H2,3-5H3/b25-18-. The van der Waals surface area contributed by atoms with Gasteiger partial charge in [0.15, 0.2) is 0 Å². The second-order valence-corrected chi connectivity index (χ2v) is 7.49. The fourth-order valence-electron chi connectivity index (χ4n) is 3.84. The summed E-state index contributed by atoms with van der Waals surface area (Å²) in [5, 5.41) is 6.76. The average molecular weight is 355 g/mol. The van der Waals surface area contributed by atoms with E-state index in [9.17, 15) is 4.39 Å². The van der Waals surface area contributed by atoms with Crippen molar-refractivity contribution in [1.29, 1.82) is 0 Å². The zero-order valence-electron chi connectivity index (χ0n) is 16.4. The number of hydrogen-bond donors (Lipinski definition) is 0. The van der Waals surface area contributed by atoms with Crippen LogP contribution in [0.15, 0.2) is 54.3 Å². The van der Waals surface area contributed by atoms with Crippen molar-refractivity contribution < 1.29 is 4.39 Å². The number of allylic oxidation sites excluding steroid dienone is 1. The molecular formula is C23H31FN2. The van der Waals surface area contributed by atoms with Gasteiger partial charge in [-0.1, -0.05) is 51.0 Å². The summed E-state index contributed by atoms with van der Waals surface area (Å²) in [6, 6.07) is 6.42. The molecule has 0 aromatic heterocycles. The van der Waals surface area contributed by atoms with Crippen LogP contribution < -0.4 is 0 Å². The Morgan fingerprint density at radius 2 is 1.92 bits per heavy atom. The van der Waals surface area contributed by atoms with Crippen LogP contribution in [0.1, 0.15) is 51.5 Å². The molecule has 0 amide bonds. The summed E-state index contributed by atoms with van der Waals surface area (Å²) in [5.74, 6) is 0.367. The monoisotopic (exact) mass is 354 g/mol. The lowest BCUT2D eigenvalue weighted by Crippen LogP contribution is -2.35. The minimum Gasteiger partial charge on any atom is -0.295 e. The Morgan fingerprint density at radius 1 is 1.31 bits per heavy atom. The third kappa shape index (κ3) is 4.74. The van der Waals surface area contributed by atoms with E-state index < -0.39 is 0 Å². The van der Waals surface area contributed by atoms with E-state index in [0.29, 0.717) is 12.5 Å². The van der Waals surface area contributed by atoms with Gasteiger partial charge in [-0.3, -0.25) is 5.01 Å². The molecule has 1 aromatic carbocycles. The molecule has 0 N–H and O–H groups in total. The van der Waals surface area contributed by atoms with Crippen LogP contribution in [-0.4, -0.2) is 24.3 Å². The maximum Gasteiger partial charge on any atom is 0.123 e. The van der Waals surface area contributed by atoms with Gasteiger partial charge in [0, 0.05) is 23.7 Å². The smallest absolute Gasteiger partial charge is 0.123 e. The van der Waals surface area contributed by atoms with Gasteiger partial charge >= 0.3 is 0 Å². The van der Waals surface area contributed by atoms with Gasteiger partial charge in [0.05, 0.1) is 6.54 Å².